The number of halogens is 6. The summed E-state index contributed by atoms with van der Waals surface area (Å²) >= 11 is 0. The molecule has 0 unspecified atom stereocenters. The Morgan fingerprint density at radius 3 is 1.21 bits per heavy atom. The second-order valence-corrected chi connectivity index (χ2v) is 13.4. The van der Waals surface area contributed by atoms with Gasteiger partial charge in [0.05, 0.1) is 6.54 Å². The van der Waals surface area contributed by atoms with Crippen molar-refractivity contribution >= 4 is 32.0 Å². The summed E-state index contributed by atoms with van der Waals surface area (Å²) in [7, 11) is -14.2. The molecule has 0 aromatic heterocycles. The van der Waals surface area contributed by atoms with E-state index in [9.17, 15) is 52.8 Å². The smallest absolute Gasteiger partial charge is 0.429 e. The number of sulfonamides is 2. The predicted octanol–water partition coefficient (Wildman–Crippen LogP) is 2.47. The van der Waals surface area contributed by atoms with Gasteiger partial charge in [-0.1, -0.05) is 3.71 Å². The molecule has 1 aliphatic heterocycles. The number of hydrogen-bond acceptors (Lipinski definition) is 8. The maximum absolute atomic E-state index is 14.0. The van der Waals surface area contributed by atoms with Gasteiger partial charge in [-0.2, -0.15) is 26.3 Å². The molecule has 1 rings (SSSR count). The van der Waals surface area contributed by atoms with Crippen molar-refractivity contribution in [3.63, 3.8) is 0 Å². The van der Waals surface area contributed by atoms with Gasteiger partial charge < -0.3 is 9.47 Å². The summed E-state index contributed by atoms with van der Waals surface area (Å²) in [6.45, 7) is 5.70. The molecular formula is C16H23F6NO8S2. The Balaban J connectivity index is 3.83. The minimum Gasteiger partial charge on any atom is -0.459 e. The number of alkyl halides is 6. The van der Waals surface area contributed by atoms with Crippen LogP contribution in [0.1, 0.15) is 48.5 Å². The first-order valence-corrected chi connectivity index (χ1v) is 11.8. The average molecular weight is 535 g/mol. The molecule has 0 bridgehead atoms. The number of hydrogen-bond donors (Lipinski definition) is 0. The molecule has 0 aliphatic carbocycles. The zero-order chi connectivity index (χ0) is 26.9. The Morgan fingerprint density at radius 2 is 0.970 bits per heavy atom. The molecule has 17 heteroatoms. The molecule has 0 saturated carbocycles. The van der Waals surface area contributed by atoms with Gasteiger partial charge in [-0.05, 0) is 48.5 Å². The fourth-order valence-corrected chi connectivity index (χ4v) is 6.23. The minimum atomic E-state index is -7.11. The lowest BCUT2D eigenvalue weighted by Crippen LogP contribution is -2.73. The van der Waals surface area contributed by atoms with Gasteiger partial charge in [0.2, 0.25) is 0 Å². The Bertz CT molecular complexity index is 966. The molecule has 0 amide bonds. The van der Waals surface area contributed by atoms with Gasteiger partial charge in [0.1, 0.15) is 11.2 Å². The van der Waals surface area contributed by atoms with Crippen molar-refractivity contribution in [2.75, 3.05) is 6.54 Å². The van der Waals surface area contributed by atoms with Crippen LogP contribution in [-0.4, -0.2) is 66.7 Å². The highest BCUT2D eigenvalue weighted by molar-refractivity contribution is 8.05. The largest absolute Gasteiger partial charge is 0.459 e. The molecule has 1 heterocycles. The van der Waals surface area contributed by atoms with Crippen molar-refractivity contribution in [1.82, 2.24) is 3.71 Å². The van der Waals surface area contributed by atoms with Gasteiger partial charge in [0, 0.05) is 0 Å². The van der Waals surface area contributed by atoms with E-state index in [-0.39, 0.29) is 0 Å². The molecule has 0 radical (unpaired) electrons. The van der Waals surface area contributed by atoms with Crippen LogP contribution in [0.2, 0.25) is 0 Å². The highest BCUT2D eigenvalue weighted by Gasteiger charge is 2.89. The maximum Gasteiger partial charge on any atom is 0.429 e. The van der Waals surface area contributed by atoms with E-state index in [1.807, 2.05) is 0 Å². The zero-order valence-corrected chi connectivity index (χ0v) is 20.1. The second-order valence-electron chi connectivity index (χ2n) is 9.38. The summed E-state index contributed by atoms with van der Waals surface area (Å²) in [6, 6.07) is 0. The van der Waals surface area contributed by atoms with Crippen molar-refractivity contribution < 1.29 is 62.2 Å². The van der Waals surface area contributed by atoms with Crippen LogP contribution in [0.5, 0.6) is 0 Å². The number of rotatable bonds is 4. The van der Waals surface area contributed by atoms with Gasteiger partial charge in [-0.25, -0.2) is 16.8 Å². The Hall–Kier alpha value is -1.62. The molecule has 194 valence electrons. The molecule has 0 N–H and O–H groups in total. The van der Waals surface area contributed by atoms with Crippen LogP contribution in [0.4, 0.5) is 26.3 Å². The number of carbonyl (C=O) groups is 2. The Kier molecular flexibility index (Phi) is 6.86. The SMILES string of the molecule is CC(C)(C)OC(=O)C(C)(CN1S(=O)(=O)C(F)(F)C(F)(F)C(F)(F)S1(=O)=O)C(=O)OC(C)(C)C. The molecule has 9 nitrogen and oxygen atoms in total. The maximum atomic E-state index is 14.0. The fraction of sp³-hybridized carbons (Fsp3) is 0.875. The van der Waals surface area contributed by atoms with E-state index in [0.29, 0.717) is 6.92 Å². The monoisotopic (exact) mass is 535 g/mol. The Labute approximate surface area is 186 Å². The van der Waals surface area contributed by atoms with Crippen LogP contribution in [0, 0.1) is 5.41 Å². The van der Waals surface area contributed by atoms with Gasteiger partial charge in [0.15, 0.2) is 5.41 Å². The minimum absolute atomic E-state index is 0.475. The molecular weight excluding hydrogens is 512 g/mol. The highest BCUT2D eigenvalue weighted by Crippen LogP contribution is 2.57. The van der Waals surface area contributed by atoms with Crippen molar-refractivity contribution in [3.05, 3.63) is 0 Å². The topological polar surface area (TPSA) is 124 Å². The van der Waals surface area contributed by atoms with E-state index in [1.165, 1.54) is 41.5 Å². The lowest BCUT2D eigenvalue weighted by molar-refractivity contribution is -0.249. The summed E-state index contributed by atoms with van der Waals surface area (Å²) < 4.78 is 140. The van der Waals surface area contributed by atoms with Crippen LogP contribution in [-0.2, 0) is 39.1 Å². The fourth-order valence-electron chi connectivity index (χ4n) is 2.30. The summed E-state index contributed by atoms with van der Waals surface area (Å²) in [5, 5.41) is -13.3. The normalized spacial score (nSPS) is 24.0. The van der Waals surface area contributed by atoms with E-state index >= 15 is 0 Å². The zero-order valence-electron chi connectivity index (χ0n) is 18.5. The third-order valence-corrected chi connectivity index (χ3v) is 8.38. The van der Waals surface area contributed by atoms with E-state index in [2.05, 4.69) is 0 Å². The Morgan fingerprint density at radius 1 is 0.697 bits per heavy atom. The summed E-state index contributed by atoms with van der Waals surface area (Å²) in [6.07, 6.45) is 0. The summed E-state index contributed by atoms with van der Waals surface area (Å²) in [5.41, 5.74) is -6.01. The molecule has 1 saturated heterocycles. The van der Waals surface area contributed by atoms with Crippen LogP contribution >= 0.6 is 0 Å². The molecule has 1 fully saturated rings. The van der Waals surface area contributed by atoms with E-state index in [1.54, 1.807) is 0 Å². The van der Waals surface area contributed by atoms with Crippen LogP contribution < -0.4 is 0 Å². The van der Waals surface area contributed by atoms with Crippen LogP contribution in [0.3, 0.4) is 0 Å². The summed E-state index contributed by atoms with van der Waals surface area (Å²) in [4.78, 5) is 25.4. The van der Waals surface area contributed by atoms with Gasteiger partial charge in [0.25, 0.3) is 20.0 Å². The summed E-state index contributed by atoms with van der Waals surface area (Å²) in [5.74, 6) is -10.4. The van der Waals surface area contributed by atoms with Crippen molar-refractivity contribution in [3.8, 4) is 0 Å². The first-order chi connectivity index (χ1) is 14.1. The molecule has 0 spiro atoms. The lowest BCUT2D eigenvalue weighted by atomic mass is 9.90. The highest BCUT2D eigenvalue weighted by atomic mass is 32.3. The predicted molar refractivity (Wildman–Crippen MR) is 99.2 cm³/mol. The van der Waals surface area contributed by atoms with Crippen molar-refractivity contribution in [2.45, 2.75) is 76.1 Å². The van der Waals surface area contributed by atoms with Crippen molar-refractivity contribution in [1.29, 1.82) is 0 Å². The molecule has 0 atom stereocenters. The second kappa shape index (κ2) is 7.69. The quantitative estimate of drug-likeness (QED) is 0.306. The third-order valence-electron chi connectivity index (χ3n) is 4.06. The molecule has 33 heavy (non-hydrogen) atoms. The van der Waals surface area contributed by atoms with Gasteiger partial charge in [-0.15, -0.1) is 0 Å². The van der Waals surface area contributed by atoms with Crippen LogP contribution in [0.15, 0.2) is 0 Å². The molecule has 1 aliphatic rings. The first-order valence-electron chi connectivity index (χ1n) is 8.97. The molecule has 0 aromatic rings. The van der Waals surface area contributed by atoms with E-state index in [4.69, 9.17) is 9.47 Å². The lowest BCUT2D eigenvalue weighted by Gasteiger charge is -2.42. The van der Waals surface area contributed by atoms with Crippen molar-refractivity contribution in [2.24, 2.45) is 5.41 Å². The third kappa shape index (κ3) is 4.54. The number of nitrogens with zero attached hydrogens (tertiary/aromatic N) is 1. The first kappa shape index (κ1) is 29.4. The van der Waals surface area contributed by atoms with Gasteiger partial charge in [-0.3, -0.25) is 9.59 Å². The standard InChI is InChI=1S/C16H23F6NO8S2/c1-11(2,3)30-9(24)13(7,10(25)31-12(4,5)6)8-23-32(26,27)15(19,20)14(17,18)16(21,22)33(23,28)29/h8H2,1-7H3. The number of esters is 2. The molecule has 0 aromatic carbocycles. The van der Waals surface area contributed by atoms with E-state index < -0.39 is 75.3 Å². The van der Waals surface area contributed by atoms with E-state index in [0.717, 1.165) is 0 Å². The number of carbonyl (C=O) groups excluding carboxylic acids is 2. The van der Waals surface area contributed by atoms with Gasteiger partial charge >= 0.3 is 28.4 Å². The average Bonchev–Trinajstić information content (AvgIpc) is 2.54. The number of ether oxygens (including phenoxy) is 2. The van der Waals surface area contributed by atoms with Crippen LogP contribution in [0.25, 0.3) is 0 Å².